The summed E-state index contributed by atoms with van der Waals surface area (Å²) in [5.41, 5.74) is 6.94. The van der Waals surface area contributed by atoms with E-state index in [2.05, 4.69) is 16.0 Å². The topological polar surface area (TPSA) is 113 Å². The highest BCUT2D eigenvalue weighted by Crippen LogP contribution is 2.32. The third kappa shape index (κ3) is 4.35. The molecule has 5 N–H and O–H groups in total. The van der Waals surface area contributed by atoms with E-state index in [-0.39, 0.29) is 17.7 Å². The summed E-state index contributed by atoms with van der Waals surface area (Å²) < 4.78 is 0. The molecule has 1 aliphatic carbocycles. The van der Waals surface area contributed by atoms with Gasteiger partial charge in [-0.3, -0.25) is 9.59 Å². The van der Waals surface area contributed by atoms with E-state index in [4.69, 9.17) is 5.73 Å². The molecule has 3 aromatic carbocycles. The van der Waals surface area contributed by atoms with E-state index in [0.29, 0.717) is 22.6 Å². The summed E-state index contributed by atoms with van der Waals surface area (Å²) in [6.07, 6.45) is 1.75. The minimum absolute atomic E-state index is 0.0222. The Morgan fingerprint density at radius 3 is 2.10 bits per heavy atom. The lowest BCUT2D eigenvalue weighted by molar-refractivity contribution is -0.117. The van der Waals surface area contributed by atoms with E-state index in [1.54, 1.807) is 30.3 Å². The van der Waals surface area contributed by atoms with E-state index in [9.17, 15) is 14.4 Å². The maximum absolute atomic E-state index is 13.0. The molecule has 1 fully saturated rings. The van der Waals surface area contributed by atoms with Crippen LogP contribution in [-0.4, -0.2) is 17.8 Å². The lowest BCUT2D eigenvalue weighted by Crippen LogP contribution is -2.20. The molecule has 0 unspecified atom stereocenters. The summed E-state index contributed by atoms with van der Waals surface area (Å²) in [6.45, 7) is 0. The second kappa shape index (κ2) is 7.63. The van der Waals surface area contributed by atoms with Gasteiger partial charge in [0.15, 0.2) is 0 Å². The molecule has 0 radical (unpaired) electrons. The number of rotatable bonds is 5. The van der Waals surface area contributed by atoms with Gasteiger partial charge in [-0.2, -0.15) is 0 Å². The molecule has 7 heteroatoms. The van der Waals surface area contributed by atoms with Crippen LogP contribution in [0.5, 0.6) is 0 Å². The number of primary amides is 1. The van der Waals surface area contributed by atoms with Crippen molar-refractivity contribution in [3.05, 3.63) is 66.2 Å². The van der Waals surface area contributed by atoms with Crippen LogP contribution in [0.25, 0.3) is 10.8 Å². The number of urea groups is 1. The molecule has 146 valence electrons. The first-order valence-electron chi connectivity index (χ1n) is 9.31. The molecule has 0 bridgehead atoms. The number of nitrogens with one attached hydrogen (secondary N) is 3. The molecule has 4 amide bonds. The van der Waals surface area contributed by atoms with Crippen LogP contribution in [-0.2, 0) is 4.79 Å². The number of carbonyl (C=O) groups excluding carboxylic acids is 3. The van der Waals surface area contributed by atoms with E-state index < -0.39 is 6.03 Å². The zero-order valence-electron chi connectivity index (χ0n) is 15.6. The second-order valence-electron chi connectivity index (χ2n) is 7.03. The van der Waals surface area contributed by atoms with Crippen LogP contribution in [0.2, 0.25) is 0 Å². The highest BCUT2D eigenvalue weighted by molar-refractivity contribution is 6.13. The summed E-state index contributed by atoms with van der Waals surface area (Å²) in [5.74, 6) is -0.408. The second-order valence-corrected chi connectivity index (χ2v) is 7.03. The number of nitrogens with two attached hydrogens (primary N) is 1. The Kier molecular flexibility index (Phi) is 4.87. The third-order valence-corrected chi connectivity index (χ3v) is 4.72. The quantitative estimate of drug-likeness (QED) is 0.531. The van der Waals surface area contributed by atoms with Gasteiger partial charge in [-0.1, -0.05) is 30.3 Å². The van der Waals surface area contributed by atoms with Crippen LogP contribution in [0, 0.1) is 5.92 Å². The van der Waals surface area contributed by atoms with Crippen LogP contribution in [0.1, 0.15) is 23.2 Å². The van der Waals surface area contributed by atoms with Gasteiger partial charge in [0.1, 0.15) is 0 Å². The standard InChI is InChI=1S/C22H20N4O3/c23-22(29)25-17-7-3-6-16(12-17)24-21(28)18-10-14-4-1-2-5-15(14)11-19(18)26-20(27)13-8-9-13/h1-7,10-13H,8-9H2,(H,24,28)(H,26,27)(H3,23,25,29). The van der Waals surface area contributed by atoms with Gasteiger partial charge in [0.2, 0.25) is 5.91 Å². The van der Waals surface area contributed by atoms with Crippen molar-refractivity contribution in [2.75, 3.05) is 16.0 Å². The molecule has 4 rings (SSSR count). The van der Waals surface area contributed by atoms with Gasteiger partial charge in [0, 0.05) is 17.3 Å². The predicted octanol–water partition coefficient (Wildman–Crippen LogP) is 3.93. The van der Waals surface area contributed by atoms with Gasteiger partial charge < -0.3 is 21.7 Å². The molecule has 29 heavy (non-hydrogen) atoms. The first-order valence-corrected chi connectivity index (χ1v) is 9.31. The van der Waals surface area contributed by atoms with Gasteiger partial charge in [-0.25, -0.2) is 4.79 Å². The van der Waals surface area contributed by atoms with Crippen molar-refractivity contribution in [1.29, 1.82) is 0 Å². The van der Waals surface area contributed by atoms with Crippen LogP contribution >= 0.6 is 0 Å². The highest BCUT2D eigenvalue weighted by Gasteiger charge is 2.30. The molecule has 3 aromatic rings. The number of amides is 4. The molecule has 0 saturated heterocycles. The van der Waals surface area contributed by atoms with Gasteiger partial charge >= 0.3 is 6.03 Å². The lowest BCUT2D eigenvalue weighted by Gasteiger charge is -2.14. The molecule has 1 aliphatic rings. The molecular formula is C22H20N4O3. The van der Waals surface area contributed by atoms with Crippen molar-refractivity contribution in [2.45, 2.75) is 12.8 Å². The van der Waals surface area contributed by atoms with E-state index in [0.717, 1.165) is 23.6 Å². The fourth-order valence-electron chi connectivity index (χ4n) is 3.13. The zero-order chi connectivity index (χ0) is 20.4. The minimum atomic E-state index is -0.687. The normalized spacial score (nSPS) is 13.0. The van der Waals surface area contributed by atoms with Gasteiger partial charge in [-0.15, -0.1) is 0 Å². The first-order chi connectivity index (χ1) is 14.0. The molecule has 0 atom stereocenters. The first kappa shape index (κ1) is 18.5. The summed E-state index contributed by atoms with van der Waals surface area (Å²) in [6, 6.07) is 17.2. The number of benzene rings is 3. The summed E-state index contributed by atoms with van der Waals surface area (Å²) in [5, 5.41) is 10.0. The molecule has 0 heterocycles. The SMILES string of the molecule is NC(=O)Nc1cccc(NC(=O)c2cc3ccccc3cc2NC(=O)C2CC2)c1. The van der Waals surface area contributed by atoms with Crippen LogP contribution in [0.15, 0.2) is 60.7 Å². The fourth-order valence-corrected chi connectivity index (χ4v) is 3.13. The molecule has 0 aliphatic heterocycles. The van der Waals surface area contributed by atoms with Gasteiger partial charge in [-0.05, 0) is 53.9 Å². The summed E-state index contributed by atoms with van der Waals surface area (Å²) in [4.78, 5) is 36.3. The molecule has 0 aromatic heterocycles. The Labute approximate surface area is 167 Å². The summed E-state index contributed by atoms with van der Waals surface area (Å²) in [7, 11) is 0. The fraction of sp³-hybridized carbons (Fsp3) is 0.136. The zero-order valence-corrected chi connectivity index (χ0v) is 15.6. The molecule has 1 saturated carbocycles. The Hall–Kier alpha value is -3.87. The Balaban J connectivity index is 1.65. The van der Waals surface area contributed by atoms with E-state index in [1.807, 2.05) is 30.3 Å². The van der Waals surface area contributed by atoms with Crippen LogP contribution in [0.3, 0.4) is 0 Å². The Morgan fingerprint density at radius 1 is 0.793 bits per heavy atom. The third-order valence-electron chi connectivity index (χ3n) is 4.72. The number of carbonyl (C=O) groups is 3. The van der Waals surface area contributed by atoms with E-state index in [1.165, 1.54) is 0 Å². The summed E-state index contributed by atoms with van der Waals surface area (Å²) >= 11 is 0. The Bertz CT molecular complexity index is 1120. The number of hydrogen-bond donors (Lipinski definition) is 4. The maximum Gasteiger partial charge on any atom is 0.316 e. The largest absolute Gasteiger partial charge is 0.351 e. The smallest absolute Gasteiger partial charge is 0.316 e. The molecule has 0 spiro atoms. The van der Waals surface area contributed by atoms with Gasteiger partial charge in [0.25, 0.3) is 5.91 Å². The highest BCUT2D eigenvalue weighted by atomic mass is 16.2. The van der Waals surface area contributed by atoms with E-state index >= 15 is 0 Å². The van der Waals surface area contributed by atoms with Crippen molar-refractivity contribution in [3.63, 3.8) is 0 Å². The van der Waals surface area contributed by atoms with Crippen molar-refractivity contribution >= 4 is 45.7 Å². The molecule has 7 nitrogen and oxygen atoms in total. The van der Waals surface area contributed by atoms with Crippen LogP contribution < -0.4 is 21.7 Å². The average Bonchev–Trinajstić information content (AvgIpc) is 3.52. The maximum atomic E-state index is 13.0. The minimum Gasteiger partial charge on any atom is -0.351 e. The average molecular weight is 388 g/mol. The lowest BCUT2D eigenvalue weighted by atomic mass is 10.0. The van der Waals surface area contributed by atoms with Crippen molar-refractivity contribution < 1.29 is 14.4 Å². The predicted molar refractivity (Wildman–Crippen MR) is 113 cm³/mol. The van der Waals surface area contributed by atoms with Crippen molar-refractivity contribution in [2.24, 2.45) is 11.7 Å². The monoisotopic (exact) mass is 388 g/mol. The van der Waals surface area contributed by atoms with Crippen molar-refractivity contribution in [3.8, 4) is 0 Å². The number of anilines is 3. The Morgan fingerprint density at radius 2 is 1.45 bits per heavy atom. The van der Waals surface area contributed by atoms with Crippen molar-refractivity contribution in [1.82, 2.24) is 0 Å². The van der Waals surface area contributed by atoms with Crippen LogP contribution in [0.4, 0.5) is 21.9 Å². The number of fused-ring (bicyclic) bond motifs is 1. The molecular weight excluding hydrogens is 368 g/mol. The number of hydrogen-bond acceptors (Lipinski definition) is 3. The van der Waals surface area contributed by atoms with Gasteiger partial charge in [0.05, 0.1) is 11.3 Å².